The van der Waals surface area contributed by atoms with Crippen LogP contribution in [0.1, 0.15) is 22.9 Å². The second-order valence-corrected chi connectivity index (χ2v) is 6.46. The van der Waals surface area contributed by atoms with Gasteiger partial charge in [-0.2, -0.15) is 0 Å². The van der Waals surface area contributed by atoms with Gasteiger partial charge in [-0.25, -0.2) is 15.0 Å². The Balaban J connectivity index is 1.47. The van der Waals surface area contributed by atoms with Crippen LogP contribution in [0.2, 0.25) is 0 Å². The molecule has 1 aliphatic rings. The second kappa shape index (κ2) is 5.91. The molecule has 5 heterocycles. The molecule has 0 atom stereocenters. The molecule has 6 heteroatoms. The van der Waals surface area contributed by atoms with E-state index in [-0.39, 0.29) is 0 Å². The second-order valence-electron chi connectivity index (χ2n) is 6.46. The Morgan fingerprint density at radius 3 is 3.08 bits per heavy atom. The van der Waals surface area contributed by atoms with Crippen molar-refractivity contribution in [3.63, 3.8) is 0 Å². The normalized spacial score (nSPS) is 13.1. The largest absolute Gasteiger partial charge is 0.379 e. The van der Waals surface area contributed by atoms with Crippen LogP contribution in [0.5, 0.6) is 0 Å². The first-order valence-electron chi connectivity index (χ1n) is 8.77. The molecule has 26 heavy (non-hydrogen) atoms. The van der Waals surface area contributed by atoms with Gasteiger partial charge in [0.25, 0.3) is 0 Å². The van der Waals surface area contributed by atoms with E-state index in [0.29, 0.717) is 0 Å². The highest BCUT2D eigenvalue weighted by atomic mass is 15.0. The molecule has 1 N–H and O–H groups in total. The predicted octanol–water partition coefficient (Wildman–Crippen LogP) is 3.20. The van der Waals surface area contributed by atoms with Crippen molar-refractivity contribution >= 4 is 28.3 Å². The molecule has 4 aromatic heterocycles. The number of nitrogens with zero attached hydrogens (tertiary/aromatic N) is 5. The van der Waals surface area contributed by atoms with Gasteiger partial charge in [-0.05, 0) is 37.6 Å². The number of hydrogen-bond acceptors (Lipinski definition) is 5. The number of aromatic nitrogens is 5. The molecule has 0 radical (unpaired) electrons. The number of hydrogen-bond donors (Lipinski definition) is 1. The molecule has 4 aromatic rings. The lowest BCUT2D eigenvalue weighted by atomic mass is 10.2. The van der Waals surface area contributed by atoms with E-state index in [1.165, 1.54) is 0 Å². The summed E-state index contributed by atoms with van der Waals surface area (Å²) in [6.45, 7) is 2.94. The van der Waals surface area contributed by atoms with Crippen molar-refractivity contribution in [2.24, 2.45) is 0 Å². The minimum atomic E-state index is 0.766. The van der Waals surface area contributed by atoms with Gasteiger partial charge in [-0.3, -0.25) is 4.98 Å². The van der Waals surface area contributed by atoms with Crippen LogP contribution in [0, 0.1) is 6.92 Å². The van der Waals surface area contributed by atoms with Crippen molar-refractivity contribution in [2.45, 2.75) is 19.8 Å². The van der Waals surface area contributed by atoms with Gasteiger partial charge >= 0.3 is 0 Å². The smallest absolute Gasteiger partial charge is 0.146 e. The molecule has 6 nitrogen and oxygen atoms in total. The lowest BCUT2D eigenvalue weighted by Crippen LogP contribution is -2.09. The van der Waals surface area contributed by atoms with Gasteiger partial charge in [0, 0.05) is 36.4 Å². The first-order valence-corrected chi connectivity index (χ1v) is 8.77. The standard InChI is InChI=1S/C20H18N6/c1-13-15(6-7-19-23-12-18-17(24-19)5-3-10-22-18)25-20-14-4-2-9-21-16(14)8-11-26(13)20/h2-5,8-9,11-12,22H,6-7,10H2,1H3. The Hall–Kier alpha value is -3.28. The molecule has 0 bridgehead atoms. The van der Waals surface area contributed by atoms with Gasteiger partial charge in [0.05, 0.1) is 28.8 Å². The summed E-state index contributed by atoms with van der Waals surface area (Å²) >= 11 is 0. The fourth-order valence-electron chi connectivity index (χ4n) is 3.44. The summed E-state index contributed by atoms with van der Waals surface area (Å²) in [5.74, 6) is 0.847. The molecule has 0 saturated carbocycles. The van der Waals surface area contributed by atoms with Crippen molar-refractivity contribution in [1.82, 2.24) is 24.3 Å². The van der Waals surface area contributed by atoms with Crippen LogP contribution in [0.25, 0.3) is 22.6 Å². The number of anilines is 1. The highest BCUT2D eigenvalue weighted by Crippen LogP contribution is 2.22. The third kappa shape index (κ3) is 2.42. The minimum Gasteiger partial charge on any atom is -0.379 e. The van der Waals surface area contributed by atoms with Gasteiger partial charge in [-0.1, -0.05) is 6.08 Å². The summed E-state index contributed by atoms with van der Waals surface area (Å²) < 4.78 is 2.14. The zero-order valence-corrected chi connectivity index (χ0v) is 14.5. The summed E-state index contributed by atoms with van der Waals surface area (Å²) in [5.41, 5.74) is 6.13. The minimum absolute atomic E-state index is 0.766. The number of imidazole rings is 1. The molecule has 0 amide bonds. The van der Waals surface area contributed by atoms with E-state index in [1.807, 2.05) is 36.8 Å². The molecule has 0 aliphatic carbocycles. The van der Waals surface area contributed by atoms with Crippen LogP contribution in [0.3, 0.4) is 0 Å². The number of rotatable bonds is 3. The Bertz CT molecular complexity index is 1160. The Morgan fingerprint density at radius 2 is 2.12 bits per heavy atom. The molecular weight excluding hydrogens is 324 g/mol. The molecule has 128 valence electrons. The van der Waals surface area contributed by atoms with Crippen molar-refractivity contribution in [3.8, 4) is 0 Å². The highest BCUT2D eigenvalue weighted by molar-refractivity contribution is 5.91. The SMILES string of the molecule is Cc1c(CCc2ncc3c(n2)C=CCN3)nc2c3cccnc3ccn12. The maximum atomic E-state index is 4.88. The van der Waals surface area contributed by atoms with E-state index in [1.54, 1.807) is 0 Å². The summed E-state index contributed by atoms with van der Waals surface area (Å²) in [6.07, 6.45) is 11.4. The highest BCUT2D eigenvalue weighted by Gasteiger charge is 2.13. The predicted molar refractivity (Wildman–Crippen MR) is 102 cm³/mol. The van der Waals surface area contributed by atoms with Crippen LogP contribution in [0.15, 0.2) is 42.9 Å². The van der Waals surface area contributed by atoms with Gasteiger partial charge in [0.15, 0.2) is 0 Å². The van der Waals surface area contributed by atoms with Crippen molar-refractivity contribution in [3.05, 3.63) is 65.8 Å². The molecule has 5 rings (SSSR count). The molecule has 0 fully saturated rings. The fourth-order valence-corrected chi connectivity index (χ4v) is 3.44. The van der Waals surface area contributed by atoms with E-state index >= 15 is 0 Å². The Morgan fingerprint density at radius 1 is 1.15 bits per heavy atom. The average Bonchev–Trinajstić information content (AvgIpc) is 3.02. The lowest BCUT2D eigenvalue weighted by Gasteiger charge is -2.12. The van der Waals surface area contributed by atoms with E-state index in [0.717, 1.165) is 64.5 Å². The van der Waals surface area contributed by atoms with E-state index in [2.05, 4.69) is 43.7 Å². The van der Waals surface area contributed by atoms with Gasteiger partial charge in [0.1, 0.15) is 11.5 Å². The van der Waals surface area contributed by atoms with Crippen LogP contribution >= 0.6 is 0 Å². The summed E-state index contributed by atoms with van der Waals surface area (Å²) in [4.78, 5) is 18.4. The van der Waals surface area contributed by atoms with E-state index < -0.39 is 0 Å². The number of pyridine rings is 2. The topological polar surface area (TPSA) is 68.0 Å². The number of aryl methyl sites for hydroxylation is 3. The molecule has 0 aromatic carbocycles. The fraction of sp³-hybridized carbons (Fsp3) is 0.200. The summed E-state index contributed by atoms with van der Waals surface area (Å²) in [6, 6.07) is 6.06. The van der Waals surface area contributed by atoms with Crippen molar-refractivity contribution in [2.75, 3.05) is 11.9 Å². The van der Waals surface area contributed by atoms with Crippen LogP contribution in [-0.4, -0.2) is 30.9 Å². The molecule has 1 aliphatic heterocycles. The molecule has 0 unspecified atom stereocenters. The van der Waals surface area contributed by atoms with Gasteiger partial charge in [0.2, 0.25) is 0 Å². The van der Waals surface area contributed by atoms with Crippen LogP contribution in [0.4, 0.5) is 5.69 Å². The lowest BCUT2D eigenvalue weighted by molar-refractivity contribution is 0.832. The molecular formula is C20H18N6. The molecule has 0 saturated heterocycles. The monoisotopic (exact) mass is 342 g/mol. The third-order valence-corrected chi connectivity index (χ3v) is 4.85. The van der Waals surface area contributed by atoms with E-state index in [9.17, 15) is 0 Å². The van der Waals surface area contributed by atoms with E-state index in [4.69, 9.17) is 4.98 Å². The molecule has 0 spiro atoms. The van der Waals surface area contributed by atoms with Gasteiger partial charge in [-0.15, -0.1) is 0 Å². The van der Waals surface area contributed by atoms with Crippen molar-refractivity contribution < 1.29 is 0 Å². The number of nitrogens with one attached hydrogen (secondary N) is 1. The Labute approximate surface area is 150 Å². The van der Waals surface area contributed by atoms with Crippen LogP contribution in [-0.2, 0) is 12.8 Å². The first kappa shape index (κ1) is 15.0. The van der Waals surface area contributed by atoms with Crippen molar-refractivity contribution in [1.29, 1.82) is 0 Å². The van der Waals surface area contributed by atoms with Gasteiger partial charge < -0.3 is 9.72 Å². The maximum absolute atomic E-state index is 4.88. The zero-order chi connectivity index (χ0) is 17.5. The summed E-state index contributed by atoms with van der Waals surface area (Å²) in [7, 11) is 0. The first-order chi connectivity index (χ1) is 12.8. The average molecular weight is 342 g/mol. The zero-order valence-electron chi connectivity index (χ0n) is 14.5. The quantitative estimate of drug-likeness (QED) is 0.619. The third-order valence-electron chi connectivity index (χ3n) is 4.85. The Kier molecular flexibility index (Phi) is 3.41. The van der Waals surface area contributed by atoms with Crippen LogP contribution < -0.4 is 5.32 Å². The summed E-state index contributed by atoms with van der Waals surface area (Å²) in [5, 5.41) is 4.35. The number of fused-ring (bicyclic) bond motifs is 4. The maximum Gasteiger partial charge on any atom is 0.146 e.